The lowest BCUT2D eigenvalue weighted by atomic mass is 9.98. The van der Waals surface area contributed by atoms with Gasteiger partial charge in [0.25, 0.3) is 12.3 Å². The molecule has 9 heteroatoms. The molecule has 0 radical (unpaired) electrons. The van der Waals surface area contributed by atoms with Gasteiger partial charge in [-0.15, -0.1) is 0 Å². The second-order valence-corrected chi connectivity index (χ2v) is 10.5. The number of halogens is 2. The van der Waals surface area contributed by atoms with Gasteiger partial charge in [-0.05, 0) is 49.6 Å². The van der Waals surface area contributed by atoms with Crippen LogP contribution in [0.2, 0.25) is 0 Å². The van der Waals surface area contributed by atoms with Gasteiger partial charge in [0.05, 0.1) is 4.90 Å². The van der Waals surface area contributed by atoms with Gasteiger partial charge in [-0.25, -0.2) is 17.2 Å². The van der Waals surface area contributed by atoms with Gasteiger partial charge in [0.1, 0.15) is 5.56 Å². The highest BCUT2D eigenvalue weighted by Gasteiger charge is 2.21. The van der Waals surface area contributed by atoms with Crippen molar-refractivity contribution in [3.63, 3.8) is 0 Å². The third-order valence-electron chi connectivity index (χ3n) is 6.03. The number of aromatic nitrogens is 1. The summed E-state index contributed by atoms with van der Waals surface area (Å²) in [6.45, 7) is 5.74. The molecule has 1 unspecified atom stereocenters. The lowest BCUT2D eigenvalue weighted by Gasteiger charge is -2.22. The fourth-order valence-corrected chi connectivity index (χ4v) is 4.47. The van der Waals surface area contributed by atoms with Gasteiger partial charge >= 0.3 is 0 Å². The molecule has 186 valence electrons. The van der Waals surface area contributed by atoms with E-state index in [1.54, 1.807) is 25.1 Å². The molecule has 0 saturated carbocycles. The number of hydrogen-bond acceptors (Lipinski definition) is 4. The van der Waals surface area contributed by atoms with E-state index in [0.29, 0.717) is 16.8 Å². The first-order valence-corrected chi connectivity index (χ1v) is 13.0. The summed E-state index contributed by atoms with van der Waals surface area (Å²) >= 11 is 0. The van der Waals surface area contributed by atoms with Crippen molar-refractivity contribution in [3.8, 4) is 11.1 Å². The summed E-state index contributed by atoms with van der Waals surface area (Å²) in [6, 6.07) is 11.7. The zero-order valence-corrected chi connectivity index (χ0v) is 20.8. The van der Waals surface area contributed by atoms with E-state index in [1.165, 1.54) is 36.5 Å². The fraction of sp³-hybridized carbons (Fsp3) is 0.308. The lowest BCUT2D eigenvalue weighted by Crippen LogP contribution is -2.31. The highest BCUT2D eigenvalue weighted by atomic mass is 32.2. The topological polar surface area (TPSA) is 85.2 Å². The summed E-state index contributed by atoms with van der Waals surface area (Å²) in [5.41, 5.74) is 0.934. The van der Waals surface area contributed by atoms with Crippen LogP contribution >= 0.6 is 0 Å². The number of amides is 1. The summed E-state index contributed by atoms with van der Waals surface area (Å²) in [7, 11) is -3.34. The first-order valence-electron chi connectivity index (χ1n) is 11.2. The maximum absolute atomic E-state index is 13.4. The maximum Gasteiger partial charge on any atom is 0.263 e. The average molecular weight is 503 g/mol. The molecule has 0 aliphatic carbocycles. The summed E-state index contributed by atoms with van der Waals surface area (Å²) in [6.07, 6.45) is 0.660. The highest BCUT2D eigenvalue weighted by molar-refractivity contribution is 7.90. The number of benzene rings is 2. The zero-order chi connectivity index (χ0) is 25.9. The van der Waals surface area contributed by atoms with Crippen molar-refractivity contribution in [2.45, 2.75) is 51.1 Å². The minimum absolute atomic E-state index is 0.0391. The Kier molecular flexibility index (Phi) is 7.90. The molecule has 6 nitrogen and oxygen atoms in total. The Balaban J connectivity index is 2.01. The number of carbonyl (C=O) groups is 1. The van der Waals surface area contributed by atoms with Crippen molar-refractivity contribution in [2.75, 3.05) is 6.26 Å². The first kappa shape index (κ1) is 26.3. The van der Waals surface area contributed by atoms with Gasteiger partial charge in [-0.2, -0.15) is 0 Å². The number of pyridine rings is 1. The second-order valence-electron chi connectivity index (χ2n) is 8.52. The van der Waals surface area contributed by atoms with Crippen LogP contribution in [0, 0.1) is 6.92 Å². The first-order chi connectivity index (χ1) is 16.4. The monoisotopic (exact) mass is 502 g/mol. The number of rotatable bonds is 8. The number of hydrogen-bond donors (Lipinski definition) is 1. The molecule has 0 saturated heterocycles. The van der Waals surface area contributed by atoms with E-state index in [1.807, 2.05) is 18.4 Å². The molecule has 1 aromatic heterocycles. The molecule has 3 rings (SSSR count). The number of nitrogens with zero attached hydrogens (tertiary/aromatic N) is 1. The van der Waals surface area contributed by atoms with Crippen molar-refractivity contribution in [1.82, 2.24) is 9.88 Å². The second kappa shape index (κ2) is 10.5. The summed E-state index contributed by atoms with van der Waals surface area (Å²) in [5.74, 6) is -0.606. The van der Waals surface area contributed by atoms with Crippen LogP contribution in [-0.4, -0.2) is 25.1 Å². The fourth-order valence-electron chi connectivity index (χ4n) is 3.84. The molecule has 1 atom stereocenters. The molecule has 2 aromatic carbocycles. The van der Waals surface area contributed by atoms with Crippen molar-refractivity contribution in [2.24, 2.45) is 0 Å². The molecule has 0 bridgehead atoms. The number of sulfone groups is 1. The van der Waals surface area contributed by atoms with Gasteiger partial charge in [-0.1, -0.05) is 37.3 Å². The third kappa shape index (κ3) is 5.85. The number of nitrogens with one attached hydrogen (secondary N) is 1. The smallest absolute Gasteiger partial charge is 0.263 e. The Morgan fingerprint density at radius 1 is 1.11 bits per heavy atom. The van der Waals surface area contributed by atoms with E-state index in [9.17, 15) is 26.8 Å². The largest absolute Gasteiger partial charge is 0.348 e. The molecule has 1 N–H and O–H groups in total. The van der Waals surface area contributed by atoms with Gasteiger partial charge in [0.15, 0.2) is 9.84 Å². The third-order valence-corrected chi connectivity index (χ3v) is 7.16. The van der Waals surface area contributed by atoms with E-state index in [4.69, 9.17) is 0 Å². The van der Waals surface area contributed by atoms with Crippen molar-refractivity contribution in [3.05, 3.63) is 87.3 Å². The molecule has 35 heavy (non-hydrogen) atoms. The summed E-state index contributed by atoms with van der Waals surface area (Å²) in [5, 5.41) is 2.70. The molecular formula is C26H28F2N2O4S. The molecule has 1 heterocycles. The van der Waals surface area contributed by atoms with E-state index in [2.05, 4.69) is 5.32 Å². The summed E-state index contributed by atoms with van der Waals surface area (Å²) in [4.78, 5) is 26.6. The zero-order valence-electron chi connectivity index (χ0n) is 20.0. The van der Waals surface area contributed by atoms with Crippen molar-refractivity contribution >= 4 is 15.7 Å². The molecule has 1 amide bonds. The van der Waals surface area contributed by atoms with Crippen molar-refractivity contribution in [1.29, 1.82) is 0 Å². The van der Waals surface area contributed by atoms with Crippen LogP contribution in [0.15, 0.2) is 64.4 Å². The van der Waals surface area contributed by atoms with E-state index in [0.717, 1.165) is 12.7 Å². The number of carbonyl (C=O) groups excluding carboxylic acids is 1. The van der Waals surface area contributed by atoms with E-state index in [-0.39, 0.29) is 34.2 Å². The van der Waals surface area contributed by atoms with Gasteiger partial charge < -0.3 is 9.88 Å². The van der Waals surface area contributed by atoms with Crippen LogP contribution < -0.4 is 10.7 Å². The van der Waals surface area contributed by atoms with Gasteiger partial charge in [-0.3, -0.25) is 9.59 Å². The van der Waals surface area contributed by atoms with Crippen LogP contribution in [0.25, 0.3) is 11.1 Å². The molecule has 0 spiro atoms. The molecule has 0 aliphatic heterocycles. The van der Waals surface area contributed by atoms with Gasteiger partial charge in [0, 0.05) is 41.9 Å². The molecular weight excluding hydrogens is 474 g/mol. The normalized spacial score (nSPS) is 12.5. The van der Waals surface area contributed by atoms with Crippen molar-refractivity contribution < 1.29 is 22.0 Å². The van der Waals surface area contributed by atoms with Crippen LogP contribution in [0.4, 0.5) is 8.78 Å². The van der Waals surface area contributed by atoms with Crippen LogP contribution in [0.1, 0.15) is 59.9 Å². The standard InChI is InChI=1S/C26H28F2N2O4S/c1-5-16(2)30-15-22(26(32)29-14-18-9-11-21(12-10-18)35(4,33)34)24(31)23(17(30)3)19-7-6-8-20(13-19)25(27)28/h6-13,15-16,25H,5,14H2,1-4H3,(H,29,32). The Hall–Kier alpha value is -3.33. The Morgan fingerprint density at radius 2 is 1.77 bits per heavy atom. The van der Waals surface area contributed by atoms with Crippen LogP contribution in [0.3, 0.4) is 0 Å². The maximum atomic E-state index is 13.4. The molecule has 0 aliphatic rings. The van der Waals surface area contributed by atoms with Crippen LogP contribution in [0.5, 0.6) is 0 Å². The quantitative estimate of drug-likeness (QED) is 0.466. The van der Waals surface area contributed by atoms with E-state index < -0.39 is 27.6 Å². The Bertz CT molecular complexity index is 1400. The Morgan fingerprint density at radius 3 is 2.34 bits per heavy atom. The number of alkyl halides is 2. The molecule has 3 aromatic rings. The Labute approximate surface area is 203 Å². The average Bonchev–Trinajstić information content (AvgIpc) is 2.82. The lowest BCUT2D eigenvalue weighted by molar-refractivity contribution is 0.0948. The van der Waals surface area contributed by atoms with E-state index >= 15 is 0 Å². The minimum Gasteiger partial charge on any atom is -0.348 e. The van der Waals surface area contributed by atoms with Crippen LogP contribution in [-0.2, 0) is 16.4 Å². The minimum atomic E-state index is -3.34. The predicted octanol–water partition coefficient (Wildman–Crippen LogP) is 5.07. The van der Waals surface area contributed by atoms with Gasteiger partial charge in [0.2, 0.25) is 5.43 Å². The SMILES string of the molecule is CCC(C)n1cc(C(=O)NCc2ccc(S(C)(=O)=O)cc2)c(=O)c(-c2cccc(C(F)F)c2)c1C. The highest BCUT2D eigenvalue weighted by Crippen LogP contribution is 2.28. The molecule has 0 fully saturated rings. The summed E-state index contributed by atoms with van der Waals surface area (Å²) < 4.78 is 51.7. The predicted molar refractivity (Wildman–Crippen MR) is 132 cm³/mol.